The van der Waals surface area contributed by atoms with Crippen molar-refractivity contribution in [1.29, 1.82) is 0 Å². The topological polar surface area (TPSA) is 38.7 Å². The van der Waals surface area contributed by atoms with Crippen LogP contribution in [0.25, 0.3) is 0 Å². The van der Waals surface area contributed by atoms with E-state index in [4.69, 9.17) is 9.47 Å². The van der Waals surface area contributed by atoms with Gasteiger partial charge >= 0.3 is 0 Å². The van der Waals surface area contributed by atoms with E-state index in [1.54, 1.807) is 7.11 Å². The first kappa shape index (κ1) is 14.0. The summed E-state index contributed by atoms with van der Waals surface area (Å²) in [5.41, 5.74) is 0.698. The fourth-order valence-electron chi connectivity index (χ4n) is 1.96. The third-order valence-electron chi connectivity index (χ3n) is 2.68. The van der Waals surface area contributed by atoms with Crippen LogP contribution in [0, 0.1) is 0 Å². The van der Waals surface area contributed by atoms with Gasteiger partial charge in [-0.15, -0.1) is 0 Å². The molecule has 96 valence electrons. The average Bonchev–Trinajstić information content (AvgIpc) is 2.24. The number of hydrogen-bond acceptors (Lipinski definition) is 3. The molecule has 0 aromatic heterocycles. The van der Waals surface area contributed by atoms with Gasteiger partial charge in [-0.2, -0.15) is 0 Å². The zero-order chi connectivity index (χ0) is 13.2. The predicted molar refractivity (Wildman–Crippen MR) is 68.6 cm³/mol. The molecule has 3 heteroatoms. The molecular weight excluding hydrogens is 216 g/mol. The number of allylic oxidation sites excluding steroid dienone is 1. The van der Waals surface area contributed by atoms with Crippen LogP contribution in [0.15, 0.2) is 35.6 Å². The normalized spacial score (nSPS) is 27.8. The Morgan fingerprint density at radius 1 is 1.47 bits per heavy atom. The van der Waals surface area contributed by atoms with Crippen molar-refractivity contribution in [2.45, 2.75) is 45.5 Å². The summed E-state index contributed by atoms with van der Waals surface area (Å²) in [5.74, 6) is 0.700. The Balaban J connectivity index is 3.18. The Morgan fingerprint density at radius 3 is 2.41 bits per heavy atom. The van der Waals surface area contributed by atoms with E-state index in [9.17, 15) is 5.11 Å². The molecule has 0 fully saturated rings. The van der Waals surface area contributed by atoms with Gasteiger partial charge in [0.1, 0.15) is 11.4 Å². The lowest BCUT2D eigenvalue weighted by Crippen LogP contribution is -2.54. The van der Waals surface area contributed by atoms with Crippen LogP contribution in [0.1, 0.15) is 27.7 Å². The molecule has 0 spiro atoms. The molecule has 0 heterocycles. The van der Waals surface area contributed by atoms with Crippen LogP contribution in [0.3, 0.4) is 0 Å². The highest BCUT2D eigenvalue weighted by Gasteiger charge is 2.52. The monoisotopic (exact) mass is 238 g/mol. The van der Waals surface area contributed by atoms with Crippen LogP contribution < -0.4 is 0 Å². The number of rotatable bonds is 5. The van der Waals surface area contributed by atoms with E-state index in [0.717, 1.165) is 11.1 Å². The van der Waals surface area contributed by atoms with Crippen LogP contribution in [-0.2, 0) is 9.47 Å². The number of hydrogen-bond donors (Lipinski definition) is 1. The van der Waals surface area contributed by atoms with Gasteiger partial charge in [0.25, 0.3) is 0 Å². The summed E-state index contributed by atoms with van der Waals surface area (Å²) in [5, 5.41) is 10.4. The van der Waals surface area contributed by atoms with E-state index >= 15 is 0 Å². The van der Waals surface area contributed by atoms with Gasteiger partial charge in [-0.3, -0.25) is 0 Å². The van der Waals surface area contributed by atoms with Crippen molar-refractivity contribution in [1.82, 2.24) is 0 Å². The second kappa shape index (κ2) is 5.07. The van der Waals surface area contributed by atoms with Gasteiger partial charge in [0.05, 0.1) is 6.10 Å². The summed E-state index contributed by atoms with van der Waals surface area (Å²) in [4.78, 5) is 0. The standard InChI is InChI=1S/C14H22O3/c1-7-14(15)11(8-9(2)3)12(13(14)16-6)17-10(4)5/h7-8,10,13,15H,1H2,2-6H3. The lowest BCUT2D eigenvalue weighted by Gasteiger charge is -2.45. The fraction of sp³-hybridized carbons (Fsp3) is 0.571. The van der Waals surface area contributed by atoms with E-state index in [2.05, 4.69) is 6.58 Å². The first-order valence-corrected chi connectivity index (χ1v) is 5.81. The Hall–Kier alpha value is -1.06. The maximum atomic E-state index is 10.4. The van der Waals surface area contributed by atoms with Gasteiger partial charge in [-0.05, 0) is 27.7 Å². The van der Waals surface area contributed by atoms with E-state index in [1.165, 1.54) is 6.08 Å². The molecule has 0 aromatic carbocycles. The Bertz CT molecular complexity index is 362. The number of methoxy groups -OCH3 is 1. The molecule has 0 radical (unpaired) electrons. The van der Waals surface area contributed by atoms with Crippen LogP contribution >= 0.6 is 0 Å². The third kappa shape index (κ3) is 2.45. The highest BCUT2D eigenvalue weighted by molar-refractivity contribution is 5.51. The van der Waals surface area contributed by atoms with Crippen molar-refractivity contribution >= 4 is 0 Å². The van der Waals surface area contributed by atoms with Crippen molar-refractivity contribution < 1.29 is 14.6 Å². The summed E-state index contributed by atoms with van der Waals surface area (Å²) >= 11 is 0. The molecule has 3 nitrogen and oxygen atoms in total. The van der Waals surface area contributed by atoms with E-state index in [0.29, 0.717) is 5.76 Å². The minimum Gasteiger partial charge on any atom is -0.492 e. The zero-order valence-corrected chi connectivity index (χ0v) is 11.3. The lowest BCUT2D eigenvalue weighted by molar-refractivity contribution is -0.0881. The maximum Gasteiger partial charge on any atom is 0.151 e. The number of aliphatic hydroxyl groups is 1. The molecule has 1 aliphatic carbocycles. The van der Waals surface area contributed by atoms with Crippen LogP contribution in [-0.4, -0.2) is 30.0 Å². The smallest absolute Gasteiger partial charge is 0.151 e. The highest BCUT2D eigenvalue weighted by atomic mass is 16.6. The van der Waals surface area contributed by atoms with Crippen molar-refractivity contribution in [2.75, 3.05) is 7.11 Å². The molecule has 1 rings (SSSR count). The SMILES string of the molecule is C=CC1(O)C(C=C(C)C)=C(OC(C)C)C1OC. The summed E-state index contributed by atoms with van der Waals surface area (Å²) in [6.07, 6.45) is 3.00. The first-order chi connectivity index (χ1) is 7.86. The molecule has 0 saturated carbocycles. The highest BCUT2D eigenvalue weighted by Crippen LogP contribution is 2.44. The maximum absolute atomic E-state index is 10.4. The predicted octanol–water partition coefficient (Wildman–Crippen LogP) is 2.58. The van der Waals surface area contributed by atoms with Crippen molar-refractivity contribution in [3.63, 3.8) is 0 Å². The molecule has 2 unspecified atom stereocenters. The molecule has 2 atom stereocenters. The van der Waals surface area contributed by atoms with Crippen LogP contribution in [0.4, 0.5) is 0 Å². The summed E-state index contributed by atoms with van der Waals surface area (Å²) in [6.45, 7) is 11.5. The average molecular weight is 238 g/mol. The largest absolute Gasteiger partial charge is 0.492 e. The summed E-state index contributed by atoms with van der Waals surface area (Å²) in [6, 6.07) is 0. The Kier molecular flexibility index (Phi) is 4.17. The van der Waals surface area contributed by atoms with Gasteiger partial charge in [0.2, 0.25) is 0 Å². The first-order valence-electron chi connectivity index (χ1n) is 5.81. The fourth-order valence-corrected chi connectivity index (χ4v) is 1.96. The zero-order valence-electron chi connectivity index (χ0n) is 11.3. The Morgan fingerprint density at radius 2 is 2.06 bits per heavy atom. The van der Waals surface area contributed by atoms with Crippen molar-refractivity contribution in [3.05, 3.63) is 35.6 Å². The second-order valence-corrected chi connectivity index (χ2v) is 4.81. The van der Waals surface area contributed by atoms with Gasteiger partial charge in [0.15, 0.2) is 6.10 Å². The summed E-state index contributed by atoms with van der Waals surface area (Å²) < 4.78 is 11.0. The van der Waals surface area contributed by atoms with Gasteiger partial charge in [-0.25, -0.2) is 0 Å². The molecular formula is C14H22O3. The van der Waals surface area contributed by atoms with Crippen molar-refractivity contribution in [3.8, 4) is 0 Å². The molecule has 0 bridgehead atoms. The molecule has 1 aliphatic rings. The quantitative estimate of drug-likeness (QED) is 0.748. The third-order valence-corrected chi connectivity index (χ3v) is 2.68. The Labute approximate surface area is 103 Å². The number of ether oxygens (including phenoxy) is 2. The van der Waals surface area contributed by atoms with Gasteiger partial charge < -0.3 is 14.6 Å². The molecule has 0 amide bonds. The van der Waals surface area contributed by atoms with Gasteiger partial charge in [-0.1, -0.05) is 24.3 Å². The van der Waals surface area contributed by atoms with Gasteiger partial charge in [0, 0.05) is 12.7 Å². The molecule has 0 aliphatic heterocycles. The molecule has 0 aromatic rings. The lowest BCUT2D eigenvalue weighted by atomic mass is 9.74. The molecule has 17 heavy (non-hydrogen) atoms. The molecule has 0 saturated heterocycles. The van der Waals surface area contributed by atoms with Crippen molar-refractivity contribution in [2.24, 2.45) is 0 Å². The van der Waals surface area contributed by atoms with Crippen LogP contribution in [0.2, 0.25) is 0 Å². The minimum atomic E-state index is -1.14. The van der Waals surface area contributed by atoms with E-state index in [-0.39, 0.29) is 6.10 Å². The second-order valence-electron chi connectivity index (χ2n) is 4.81. The van der Waals surface area contributed by atoms with E-state index in [1.807, 2.05) is 33.8 Å². The van der Waals surface area contributed by atoms with Crippen LogP contribution in [0.5, 0.6) is 0 Å². The van der Waals surface area contributed by atoms with E-state index < -0.39 is 11.7 Å². The minimum absolute atomic E-state index is 0.0533. The summed E-state index contributed by atoms with van der Waals surface area (Å²) in [7, 11) is 1.56. The molecule has 1 N–H and O–H groups in total.